The van der Waals surface area contributed by atoms with E-state index in [0.29, 0.717) is 17.8 Å². The fourth-order valence-corrected chi connectivity index (χ4v) is 10.5. The second-order valence-electron chi connectivity index (χ2n) is 19.1. The number of hydrogen-bond acceptors (Lipinski definition) is 15. The van der Waals surface area contributed by atoms with Crippen LogP contribution in [0.4, 0.5) is 11.5 Å². The molecule has 3 aromatic carbocycles. The number of anilines is 1. The van der Waals surface area contributed by atoms with Crippen LogP contribution < -0.4 is 10.3 Å². The smallest absolute Gasteiger partial charge is 0.404 e. The Morgan fingerprint density at radius 2 is 1.49 bits per heavy atom. The molecule has 2 fully saturated rings. The largest absolute Gasteiger partial charge is 0.530 e. The van der Waals surface area contributed by atoms with Crippen LogP contribution in [0.5, 0.6) is 5.75 Å². The van der Waals surface area contributed by atoms with Gasteiger partial charge in [-0.2, -0.15) is 10.4 Å². The van der Waals surface area contributed by atoms with Crippen molar-refractivity contribution >= 4 is 35.6 Å². The van der Waals surface area contributed by atoms with Crippen LogP contribution in [0.2, 0.25) is 0 Å². The van der Waals surface area contributed by atoms with Gasteiger partial charge in [-0.25, -0.2) is 14.1 Å². The van der Waals surface area contributed by atoms with Crippen LogP contribution in [0.1, 0.15) is 135 Å². The number of nitrogen functional groups attached to an aromatic ring is 1. The third-order valence-corrected chi connectivity index (χ3v) is 14.5. The summed E-state index contributed by atoms with van der Waals surface area (Å²) >= 11 is 0. The van der Waals surface area contributed by atoms with Gasteiger partial charge < -0.3 is 33.9 Å². The molecule has 2 aliphatic heterocycles. The van der Waals surface area contributed by atoms with Gasteiger partial charge in [-0.3, -0.25) is 19.2 Å². The molecular formula is C53H71N6O11P. The van der Waals surface area contributed by atoms with Crippen molar-refractivity contribution in [1.29, 1.82) is 5.26 Å². The predicted molar refractivity (Wildman–Crippen MR) is 270 cm³/mol. The van der Waals surface area contributed by atoms with Crippen LogP contribution in [0.15, 0.2) is 85.2 Å². The number of nitrogens with zero attached hydrogens (tertiary/aromatic N) is 5. The standard InChI is InChI=1S/C53H71N6O11P/c1-4-5-6-7-8-9-10-11-12-13-14-15-16-17-18-21-32-63-35-45(64-34-40-24-25-41-22-19-20-23-42(41)33-40)36-65-71(62,70-44-28-26-43(27-29-44)59(60)61)66-37-47-49-50(69-52(2,3)68-49)53(38-54,67-47)48-31-30-46-51(55)56-39-57-58(46)48/h19-20,22-31,33,39,45,47,49-50H,4-18,21,32,34-37H2,1-3H3,(H2,55,56,57)/t45-,47-,49-,50-,53+,71?/m1/s1. The molecule has 0 saturated carbocycles. The fourth-order valence-electron chi connectivity index (χ4n) is 9.31. The van der Waals surface area contributed by atoms with Crippen LogP contribution in [0.3, 0.4) is 0 Å². The van der Waals surface area contributed by atoms with Crippen molar-refractivity contribution in [2.75, 3.05) is 32.2 Å². The summed E-state index contributed by atoms with van der Waals surface area (Å²) in [6, 6.07) is 24.8. The molecule has 2 aliphatic rings. The molecule has 0 aliphatic carbocycles. The molecule has 4 heterocycles. The number of phosphoric ester groups is 1. The van der Waals surface area contributed by atoms with E-state index in [1.807, 2.05) is 36.4 Å². The quantitative estimate of drug-likeness (QED) is 0.0184. The molecule has 7 rings (SSSR count). The lowest BCUT2D eigenvalue weighted by Crippen LogP contribution is -2.40. The number of rotatable bonds is 32. The highest BCUT2D eigenvalue weighted by Crippen LogP contribution is 2.53. The Bertz CT molecular complexity index is 2550. The first-order chi connectivity index (χ1) is 34.4. The van der Waals surface area contributed by atoms with Gasteiger partial charge >= 0.3 is 7.82 Å². The lowest BCUT2D eigenvalue weighted by molar-refractivity contribution is -0.384. The van der Waals surface area contributed by atoms with Gasteiger partial charge in [0.15, 0.2) is 11.6 Å². The zero-order valence-corrected chi connectivity index (χ0v) is 42.4. The number of nitriles is 1. The summed E-state index contributed by atoms with van der Waals surface area (Å²) in [4.78, 5) is 15.0. The number of nitro benzene ring substituents is 1. The summed E-state index contributed by atoms with van der Waals surface area (Å²) in [5.41, 5.74) is 5.86. The van der Waals surface area contributed by atoms with Crippen molar-refractivity contribution < 1.29 is 46.7 Å². The topological polar surface area (TPSA) is 214 Å². The molecule has 5 aromatic rings. The van der Waals surface area contributed by atoms with Crippen molar-refractivity contribution in [1.82, 2.24) is 14.6 Å². The van der Waals surface area contributed by atoms with E-state index in [9.17, 15) is 19.9 Å². The van der Waals surface area contributed by atoms with Gasteiger partial charge in [-0.05, 0) is 66.9 Å². The van der Waals surface area contributed by atoms with E-state index in [0.717, 1.165) is 35.6 Å². The maximum Gasteiger partial charge on any atom is 0.530 e. The highest BCUT2D eigenvalue weighted by atomic mass is 31.2. The van der Waals surface area contributed by atoms with Crippen molar-refractivity contribution in [2.24, 2.45) is 0 Å². The molecule has 0 bridgehead atoms. The average molecular weight is 999 g/mol. The third-order valence-electron chi connectivity index (χ3n) is 13.1. The zero-order chi connectivity index (χ0) is 50.1. The lowest BCUT2D eigenvalue weighted by Gasteiger charge is -2.29. The van der Waals surface area contributed by atoms with Crippen molar-refractivity contribution in [2.45, 2.75) is 166 Å². The summed E-state index contributed by atoms with van der Waals surface area (Å²) in [7, 11) is -4.62. The van der Waals surface area contributed by atoms with E-state index < -0.39 is 55.2 Å². The Kier molecular flexibility index (Phi) is 19.8. The number of phosphoric acid groups is 1. The maximum absolute atomic E-state index is 14.9. The maximum atomic E-state index is 14.9. The van der Waals surface area contributed by atoms with E-state index in [1.165, 1.54) is 119 Å². The molecule has 18 heteroatoms. The number of nitro groups is 1. The molecule has 17 nitrogen and oxygen atoms in total. The minimum absolute atomic E-state index is 0.0117. The van der Waals surface area contributed by atoms with E-state index in [1.54, 1.807) is 26.0 Å². The lowest BCUT2D eigenvalue weighted by atomic mass is 9.92. The van der Waals surface area contributed by atoms with Crippen LogP contribution in [0, 0.1) is 21.4 Å². The highest BCUT2D eigenvalue weighted by molar-refractivity contribution is 7.48. The third kappa shape index (κ3) is 14.8. The first-order valence-corrected chi connectivity index (χ1v) is 26.9. The Morgan fingerprint density at radius 3 is 2.15 bits per heavy atom. The van der Waals surface area contributed by atoms with Crippen LogP contribution in [-0.4, -0.2) is 76.2 Å². The number of ether oxygens (including phenoxy) is 5. The van der Waals surface area contributed by atoms with Gasteiger partial charge in [0.05, 0.1) is 37.0 Å². The van der Waals surface area contributed by atoms with Gasteiger partial charge in [0.25, 0.3) is 5.69 Å². The molecule has 1 unspecified atom stereocenters. The summed E-state index contributed by atoms with van der Waals surface area (Å²) in [5, 5.41) is 28.8. The molecule has 6 atom stereocenters. The Morgan fingerprint density at radius 1 is 0.831 bits per heavy atom. The molecule has 384 valence electrons. The van der Waals surface area contributed by atoms with Crippen molar-refractivity contribution in [3.8, 4) is 11.8 Å². The molecule has 2 aromatic heterocycles. The Labute approximate surface area is 417 Å². The van der Waals surface area contributed by atoms with Gasteiger partial charge in [0.1, 0.15) is 48.1 Å². The Hall–Kier alpha value is -5.02. The first kappa shape index (κ1) is 53.8. The summed E-state index contributed by atoms with van der Waals surface area (Å²) in [5.74, 6) is -0.954. The summed E-state index contributed by atoms with van der Waals surface area (Å²) < 4.78 is 66.2. The summed E-state index contributed by atoms with van der Waals surface area (Å²) in [6.07, 6.45) is 18.0. The van der Waals surface area contributed by atoms with E-state index in [-0.39, 0.29) is 37.1 Å². The van der Waals surface area contributed by atoms with Gasteiger partial charge in [0.2, 0.25) is 5.60 Å². The number of non-ortho nitro benzene ring substituents is 1. The number of fused-ring (bicyclic) bond motifs is 3. The van der Waals surface area contributed by atoms with Crippen molar-refractivity contribution in [3.05, 3.63) is 107 Å². The molecular weight excluding hydrogens is 928 g/mol. The minimum Gasteiger partial charge on any atom is -0.404 e. The number of nitrogens with two attached hydrogens (primary N) is 1. The Balaban J connectivity index is 0.983. The molecule has 0 amide bonds. The number of aromatic nitrogens is 3. The van der Waals surface area contributed by atoms with E-state index >= 15 is 0 Å². The normalized spacial score (nSPS) is 20.7. The second-order valence-corrected chi connectivity index (χ2v) is 20.7. The van der Waals surface area contributed by atoms with Gasteiger partial charge in [-0.15, -0.1) is 0 Å². The van der Waals surface area contributed by atoms with Gasteiger partial charge in [-0.1, -0.05) is 140 Å². The molecule has 0 spiro atoms. The van der Waals surface area contributed by atoms with Crippen LogP contribution in [0.25, 0.3) is 16.3 Å². The number of hydrogen-bond donors (Lipinski definition) is 1. The molecule has 2 N–H and O–H groups in total. The van der Waals surface area contributed by atoms with Crippen molar-refractivity contribution in [3.63, 3.8) is 0 Å². The van der Waals surface area contributed by atoms with E-state index in [2.05, 4.69) is 29.1 Å². The molecule has 71 heavy (non-hydrogen) atoms. The van der Waals surface area contributed by atoms with E-state index in [4.69, 9.17) is 43.0 Å². The minimum atomic E-state index is -4.62. The summed E-state index contributed by atoms with van der Waals surface area (Å²) in [6.45, 7) is 5.82. The second kappa shape index (κ2) is 26.1. The highest BCUT2D eigenvalue weighted by Gasteiger charge is 2.65. The van der Waals surface area contributed by atoms with Gasteiger partial charge in [0, 0.05) is 18.7 Å². The van der Waals surface area contributed by atoms with Crippen LogP contribution in [-0.2, 0) is 49.5 Å². The SMILES string of the molecule is CCCCCCCCCCCCCCCCCCOC[C@H](COP(=O)(OC[C@H]1O[C@@](C#N)(c2ccc3c(N)ncnn23)[C@@H]2OC(C)(C)O[C@@H]21)Oc1ccc([N+](=O)[O-])cc1)OCc1ccc2ccccc2c1. The number of unbranched alkanes of at least 4 members (excludes halogenated alkanes) is 15. The van der Waals surface area contributed by atoms with Crippen LogP contribution >= 0.6 is 7.82 Å². The monoisotopic (exact) mass is 998 g/mol. The molecule has 2 saturated heterocycles. The average Bonchev–Trinajstić information content (AvgIpc) is 4.04. The fraction of sp³-hybridized carbons (Fsp3) is 0.566. The number of benzene rings is 3. The zero-order valence-electron chi connectivity index (χ0n) is 41.5. The molecule has 0 radical (unpaired) electrons. The predicted octanol–water partition coefficient (Wildman–Crippen LogP) is 12.1. The first-order valence-electron chi connectivity index (χ1n) is 25.5.